The van der Waals surface area contributed by atoms with Crippen LogP contribution >= 0.6 is 11.8 Å². The van der Waals surface area contributed by atoms with E-state index in [1.807, 2.05) is 6.26 Å². The molecule has 0 radical (unpaired) electrons. The van der Waals surface area contributed by atoms with Gasteiger partial charge >= 0.3 is 0 Å². The van der Waals surface area contributed by atoms with E-state index in [0.29, 0.717) is 13.0 Å². The van der Waals surface area contributed by atoms with Crippen molar-refractivity contribution in [3.8, 4) is 0 Å². The summed E-state index contributed by atoms with van der Waals surface area (Å²) in [5.41, 5.74) is -0.940. The fourth-order valence-corrected chi connectivity index (χ4v) is 2.23. The highest BCUT2D eigenvalue weighted by molar-refractivity contribution is 7.97. The molecule has 0 saturated carbocycles. The number of rotatable bonds is 5. The number of amides is 1. The Hall–Kier alpha value is -0.980. The van der Waals surface area contributed by atoms with Gasteiger partial charge in [-0.1, -0.05) is 0 Å². The van der Waals surface area contributed by atoms with E-state index in [1.165, 1.54) is 0 Å². The summed E-state index contributed by atoms with van der Waals surface area (Å²) < 4.78 is 10.5. The zero-order valence-corrected chi connectivity index (χ0v) is 11.1. The molecule has 0 bridgehead atoms. The smallest absolute Gasteiger partial charge is 0.287 e. The fourth-order valence-electron chi connectivity index (χ4n) is 1.79. The van der Waals surface area contributed by atoms with Crippen LogP contribution in [0.4, 0.5) is 0 Å². The second-order valence-electron chi connectivity index (χ2n) is 4.41. The van der Waals surface area contributed by atoms with Gasteiger partial charge in [0.1, 0.15) is 11.4 Å². The molecular formula is C12H17NO4S. The van der Waals surface area contributed by atoms with Gasteiger partial charge in [0.2, 0.25) is 0 Å². The summed E-state index contributed by atoms with van der Waals surface area (Å²) in [5, 5.41) is 12.7. The first kappa shape index (κ1) is 13.5. The number of ether oxygens (including phenoxy) is 1. The number of aliphatic hydroxyl groups is 1. The van der Waals surface area contributed by atoms with Crippen molar-refractivity contribution in [2.75, 3.05) is 26.0 Å². The van der Waals surface area contributed by atoms with Crippen LogP contribution in [0.15, 0.2) is 16.5 Å². The molecule has 0 aromatic carbocycles. The highest BCUT2D eigenvalue weighted by Crippen LogP contribution is 2.18. The number of carbonyl (C=O) groups is 1. The largest absolute Gasteiger partial charge is 0.455 e. The van der Waals surface area contributed by atoms with Gasteiger partial charge in [0, 0.05) is 19.6 Å². The van der Waals surface area contributed by atoms with E-state index in [1.54, 1.807) is 23.9 Å². The van der Waals surface area contributed by atoms with Crippen molar-refractivity contribution in [2.24, 2.45) is 0 Å². The van der Waals surface area contributed by atoms with Gasteiger partial charge in [-0.15, -0.1) is 0 Å². The molecule has 0 aliphatic carbocycles. The Morgan fingerprint density at radius 2 is 2.44 bits per heavy atom. The molecule has 1 saturated heterocycles. The molecule has 18 heavy (non-hydrogen) atoms. The Bertz CT molecular complexity index is 412. The Morgan fingerprint density at radius 3 is 3.11 bits per heavy atom. The van der Waals surface area contributed by atoms with Crippen molar-refractivity contribution < 1.29 is 19.1 Å². The highest BCUT2D eigenvalue weighted by atomic mass is 32.2. The zero-order valence-electron chi connectivity index (χ0n) is 10.3. The van der Waals surface area contributed by atoms with Crippen molar-refractivity contribution in [3.63, 3.8) is 0 Å². The predicted octanol–water partition coefficient (Wildman–Crippen LogP) is 1.02. The molecule has 1 aliphatic rings. The van der Waals surface area contributed by atoms with Crippen molar-refractivity contribution in [2.45, 2.75) is 17.8 Å². The number of thioether (sulfide) groups is 1. The monoisotopic (exact) mass is 271 g/mol. The molecule has 6 heteroatoms. The molecule has 1 unspecified atom stereocenters. The van der Waals surface area contributed by atoms with Crippen molar-refractivity contribution in [1.82, 2.24) is 5.32 Å². The summed E-state index contributed by atoms with van der Waals surface area (Å²) in [6.45, 7) is 0.985. The first-order valence-electron chi connectivity index (χ1n) is 5.79. The first-order chi connectivity index (χ1) is 8.63. The Kier molecular flexibility index (Phi) is 4.31. The summed E-state index contributed by atoms with van der Waals surface area (Å²) >= 11 is 1.63. The van der Waals surface area contributed by atoms with Crippen LogP contribution in [0, 0.1) is 0 Å². The third-order valence-corrected chi connectivity index (χ3v) is 3.41. The Labute approximate surface area is 110 Å². The Balaban J connectivity index is 1.87. The normalized spacial score (nSPS) is 23.2. The lowest BCUT2D eigenvalue weighted by Gasteiger charge is -2.20. The van der Waals surface area contributed by atoms with Crippen LogP contribution in [0.5, 0.6) is 0 Å². The quantitative estimate of drug-likeness (QED) is 0.836. The lowest BCUT2D eigenvalue weighted by molar-refractivity contribution is 0.0261. The number of carbonyl (C=O) groups excluding carboxylic acids is 1. The van der Waals surface area contributed by atoms with E-state index in [-0.39, 0.29) is 24.8 Å². The molecule has 1 fully saturated rings. The Morgan fingerprint density at radius 1 is 1.61 bits per heavy atom. The second-order valence-corrected chi connectivity index (χ2v) is 5.27. The number of hydrogen-bond donors (Lipinski definition) is 2. The molecule has 1 aromatic rings. The van der Waals surface area contributed by atoms with Gasteiger partial charge in [-0.25, -0.2) is 0 Å². The predicted molar refractivity (Wildman–Crippen MR) is 68.6 cm³/mol. The number of hydrogen-bond acceptors (Lipinski definition) is 5. The standard InChI is InChI=1S/C12H17NO4S/c1-18-6-9-2-3-10(17-9)11(14)13-7-12(15)4-5-16-8-12/h2-3,15H,4-8H2,1H3,(H,13,14). The average Bonchev–Trinajstić information content (AvgIpc) is 2.97. The summed E-state index contributed by atoms with van der Waals surface area (Å²) in [6.07, 6.45) is 2.51. The molecular weight excluding hydrogens is 254 g/mol. The van der Waals surface area contributed by atoms with E-state index in [4.69, 9.17) is 9.15 Å². The summed E-state index contributed by atoms with van der Waals surface area (Å²) in [7, 11) is 0. The van der Waals surface area contributed by atoms with Gasteiger partial charge in [-0.3, -0.25) is 4.79 Å². The van der Waals surface area contributed by atoms with Crippen LogP contribution < -0.4 is 5.32 Å². The van der Waals surface area contributed by atoms with Crippen molar-refractivity contribution in [1.29, 1.82) is 0 Å². The van der Waals surface area contributed by atoms with Crippen LogP contribution in [-0.4, -0.2) is 42.6 Å². The SMILES string of the molecule is CSCc1ccc(C(=O)NCC2(O)CCOC2)o1. The van der Waals surface area contributed by atoms with Crippen molar-refractivity contribution >= 4 is 17.7 Å². The van der Waals surface area contributed by atoms with Crippen molar-refractivity contribution in [3.05, 3.63) is 23.7 Å². The van der Waals surface area contributed by atoms with E-state index in [2.05, 4.69) is 5.32 Å². The lowest BCUT2D eigenvalue weighted by Crippen LogP contribution is -2.43. The lowest BCUT2D eigenvalue weighted by atomic mass is 10.0. The summed E-state index contributed by atoms with van der Waals surface area (Å²) in [6, 6.07) is 3.44. The average molecular weight is 271 g/mol. The fraction of sp³-hybridized carbons (Fsp3) is 0.583. The molecule has 1 aliphatic heterocycles. The van der Waals surface area contributed by atoms with Crippen LogP contribution in [-0.2, 0) is 10.5 Å². The van der Waals surface area contributed by atoms with Gasteiger partial charge in [-0.05, 0) is 18.4 Å². The summed E-state index contributed by atoms with van der Waals surface area (Å²) in [5.74, 6) is 1.49. The minimum absolute atomic E-state index is 0.185. The third kappa shape index (κ3) is 3.28. The van der Waals surface area contributed by atoms with Gasteiger partial charge in [0.15, 0.2) is 5.76 Å². The van der Waals surface area contributed by atoms with E-state index in [0.717, 1.165) is 11.5 Å². The maximum absolute atomic E-state index is 11.8. The first-order valence-corrected chi connectivity index (χ1v) is 7.18. The van der Waals surface area contributed by atoms with Gasteiger partial charge in [-0.2, -0.15) is 11.8 Å². The molecule has 2 heterocycles. The molecule has 2 N–H and O–H groups in total. The van der Waals surface area contributed by atoms with E-state index in [9.17, 15) is 9.90 Å². The number of nitrogens with one attached hydrogen (secondary N) is 1. The maximum Gasteiger partial charge on any atom is 0.287 e. The van der Waals surface area contributed by atoms with Crippen LogP contribution in [0.1, 0.15) is 22.7 Å². The molecule has 2 rings (SSSR count). The molecule has 1 amide bonds. The van der Waals surface area contributed by atoms with Gasteiger partial charge in [0.25, 0.3) is 5.91 Å². The van der Waals surface area contributed by atoms with E-state index >= 15 is 0 Å². The minimum Gasteiger partial charge on any atom is -0.455 e. The number of furan rings is 1. The van der Waals surface area contributed by atoms with Gasteiger partial charge < -0.3 is 19.6 Å². The highest BCUT2D eigenvalue weighted by Gasteiger charge is 2.32. The minimum atomic E-state index is -0.940. The van der Waals surface area contributed by atoms with Crippen LogP contribution in [0.25, 0.3) is 0 Å². The molecule has 5 nitrogen and oxygen atoms in total. The van der Waals surface area contributed by atoms with Crippen LogP contribution in [0.2, 0.25) is 0 Å². The molecule has 0 spiro atoms. The van der Waals surface area contributed by atoms with E-state index < -0.39 is 5.60 Å². The topological polar surface area (TPSA) is 71.7 Å². The maximum atomic E-state index is 11.8. The van der Waals surface area contributed by atoms with Gasteiger partial charge in [0.05, 0.1) is 12.4 Å². The molecule has 1 atom stereocenters. The van der Waals surface area contributed by atoms with Crippen LogP contribution in [0.3, 0.4) is 0 Å². The summed E-state index contributed by atoms with van der Waals surface area (Å²) in [4.78, 5) is 11.8. The molecule has 1 aromatic heterocycles. The molecule has 100 valence electrons. The second kappa shape index (κ2) is 5.77. The third-order valence-electron chi connectivity index (χ3n) is 2.83. The zero-order chi connectivity index (χ0) is 13.0.